The van der Waals surface area contributed by atoms with Crippen molar-refractivity contribution in [3.8, 4) is 0 Å². The molecule has 3 nitrogen and oxygen atoms in total. The van der Waals surface area contributed by atoms with Crippen molar-refractivity contribution < 1.29 is 0 Å². The van der Waals surface area contributed by atoms with Gasteiger partial charge in [-0.3, -0.25) is 0 Å². The van der Waals surface area contributed by atoms with Crippen LogP contribution in [0, 0.1) is 0 Å². The molecule has 1 fully saturated rings. The first-order valence-electron chi connectivity index (χ1n) is 4.83. The van der Waals surface area contributed by atoms with Gasteiger partial charge in [0.1, 0.15) is 0 Å². The highest BCUT2D eigenvalue weighted by Crippen LogP contribution is 2.12. The lowest BCUT2D eigenvalue weighted by Crippen LogP contribution is -2.46. The van der Waals surface area contributed by atoms with Crippen molar-refractivity contribution in [1.82, 2.24) is 9.80 Å². The summed E-state index contributed by atoms with van der Waals surface area (Å²) in [4.78, 5) is 4.79. The van der Waals surface area contributed by atoms with Gasteiger partial charge >= 0.3 is 0 Å². The third kappa shape index (κ3) is 2.73. The fourth-order valence-corrected chi connectivity index (χ4v) is 1.89. The zero-order valence-corrected chi connectivity index (χ0v) is 8.29. The van der Waals surface area contributed by atoms with Crippen LogP contribution in [0.4, 0.5) is 0 Å². The van der Waals surface area contributed by atoms with Crippen LogP contribution < -0.4 is 5.73 Å². The van der Waals surface area contributed by atoms with Gasteiger partial charge in [0.05, 0.1) is 0 Å². The van der Waals surface area contributed by atoms with E-state index in [2.05, 4.69) is 23.9 Å². The van der Waals surface area contributed by atoms with Crippen LogP contribution in [0.1, 0.15) is 12.8 Å². The number of likely N-dealkylation sites (tertiary alicyclic amines) is 1. The minimum absolute atomic E-state index is 0.729. The highest BCUT2D eigenvalue weighted by atomic mass is 15.2. The minimum Gasteiger partial charge on any atom is -0.329 e. The Hall–Kier alpha value is -0.120. The van der Waals surface area contributed by atoms with E-state index >= 15 is 0 Å². The molecule has 2 N–H and O–H groups in total. The minimum atomic E-state index is 0.729. The first-order valence-corrected chi connectivity index (χ1v) is 4.83. The Balaban J connectivity index is 2.29. The number of nitrogens with zero attached hydrogens (tertiary/aromatic N) is 2. The smallest absolute Gasteiger partial charge is 0.0221 e. The molecule has 1 atom stereocenters. The van der Waals surface area contributed by atoms with Gasteiger partial charge in [-0.15, -0.1) is 0 Å². The number of hydrogen-bond acceptors (Lipinski definition) is 3. The summed E-state index contributed by atoms with van der Waals surface area (Å²) in [5.41, 5.74) is 5.52. The maximum atomic E-state index is 5.52. The molecule has 0 aromatic carbocycles. The number of hydrogen-bond donors (Lipinski definition) is 1. The summed E-state index contributed by atoms with van der Waals surface area (Å²) in [5, 5.41) is 0. The third-order valence-corrected chi connectivity index (χ3v) is 2.70. The summed E-state index contributed by atoms with van der Waals surface area (Å²) >= 11 is 0. The van der Waals surface area contributed by atoms with Crippen molar-refractivity contribution in [2.45, 2.75) is 18.9 Å². The van der Waals surface area contributed by atoms with E-state index in [1.54, 1.807) is 0 Å². The molecule has 1 aliphatic rings. The molecule has 0 unspecified atom stereocenters. The summed E-state index contributed by atoms with van der Waals surface area (Å²) in [6, 6.07) is 0.729. The lowest BCUT2D eigenvalue weighted by atomic mass is 10.1. The number of nitrogens with two attached hydrogens (primary N) is 1. The maximum absolute atomic E-state index is 5.52. The van der Waals surface area contributed by atoms with Crippen molar-refractivity contribution in [2.75, 3.05) is 40.3 Å². The average Bonchev–Trinajstić information content (AvgIpc) is 2.05. The van der Waals surface area contributed by atoms with E-state index in [-0.39, 0.29) is 0 Å². The van der Waals surface area contributed by atoms with E-state index in [0.717, 1.165) is 19.1 Å². The first kappa shape index (κ1) is 9.96. The van der Waals surface area contributed by atoms with Crippen molar-refractivity contribution in [3.05, 3.63) is 0 Å². The second-order valence-electron chi connectivity index (χ2n) is 3.83. The highest BCUT2D eigenvalue weighted by Gasteiger charge is 2.19. The SMILES string of the molecule is CN1CCC[C@H](N(C)CCN)C1. The van der Waals surface area contributed by atoms with Crippen molar-refractivity contribution in [3.63, 3.8) is 0 Å². The van der Waals surface area contributed by atoms with E-state index < -0.39 is 0 Å². The standard InChI is InChI=1S/C9H21N3/c1-11-6-3-4-9(8-11)12(2)7-5-10/h9H,3-8,10H2,1-2H3/t9-/m0/s1. The van der Waals surface area contributed by atoms with E-state index in [4.69, 9.17) is 5.73 Å². The zero-order chi connectivity index (χ0) is 8.97. The third-order valence-electron chi connectivity index (χ3n) is 2.70. The Labute approximate surface area is 75.5 Å². The average molecular weight is 171 g/mol. The molecular weight excluding hydrogens is 150 g/mol. The fraction of sp³-hybridized carbons (Fsp3) is 1.00. The monoisotopic (exact) mass is 171 g/mol. The molecule has 12 heavy (non-hydrogen) atoms. The maximum Gasteiger partial charge on any atom is 0.0221 e. The van der Waals surface area contributed by atoms with Gasteiger partial charge in [0.25, 0.3) is 0 Å². The summed E-state index contributed by atoms with van der Waals surface area (Å²) in [6.45, 7) is 4.26. The molecule has 72 valence electrons. The summed E-state index contributed by atoms with van der Waals surface area (Å²) < 4.78 is 0. The molecule has 1 saturated heterocycles. The van der Waals surface area contributed by atoms with Crippen LogP contribution in [0.15, 0.2) is 0 Å². The Morgan fingerprint density at radius 3 is 2.92 bits per heavy atom. The number of rotatable bonds is 3. The molecule has 1 rings (SSSR count). The predicted molar refractivity (Wildman–Crippen MR) is 52.2 cm³/mol. The molecule has 0 spiro atoms. The summed E-state index contributed by atoms with van der Waals surface area (Å²) in [6.07, 6.45) is 2.66. The molecule has 0 aromatic rings. The lowest BCUT2D eigenvalue weighted by molar-refractivity contribution is 0.137. The van der Waals surface area contributed by atoms with E-state index in [0.29, 0.717) is 0 Å². The summed E-state index contributed by atoms with van der Waals surface area (Å²) in [5.74, 6) is 0. The van der Waals surface area contributed by atoms with E-state index in [1.807, 2.05) is 0 Å². The highest BCUT2D eigenvalue weighted by molar-refractivity contribution is 4.77. The van der Waals surface area contributed by atoms with Gasteiger partial charge in [-0.05, 0) is 33.5 Å². The van der Waals surface area contributed by atoms with Crippen LogP contribution in [-0.4, -0.2) is 56.1 Å². The van der Waals surface area contributed by atoms with Gasteiger partial charge in [0.15, 0.2) is 0 Å². The molecule has 3 heteroatoms. The van der Waals surface area contributed by atoms with Gasteiger partial charge in [-0.2, -0.15) is 0 Å². The zero-order valence-electron chi connectivity index (χ0n) is 8.29. The van der Waals surface area contributed by atoms with Crippen LogP contribution in [0.5, 0.6) is 0 Å². The molecular formula is C9H21N3. The van der Waals surface area contributed by atoms with Gasteiger partial charge in [-0.25, -0.2) is 0 Å². The molecule has 0 radical (unpaired) electrons. The Bertz CT molecular complexity index is 127. The molecule has 0 amide bonds. The quantitative estimate of drug-likeness (QED) is 0.647. The van der Waals surface area contributed by atoms with Gasteiger partial charge in [0, 0.05) is 25.7 Å². The molecule has 1 aliphatic heterocycles. The first-order chi connectivity index (χ1) is 5.74. The Kier molecular flexibility index (Phi) is 3.98. The van der Waals surface area contributed by atoms with Gasteiger partial charge in [-0.1, -0.05) is 0 Å². The summed E-state index contributed by atoms with van der Waals surface area (Å²) in [7, 11) is 4.37. The predicted octanol–water partition coefficient (Wildman–Crippen LogP) is -0.0289. The van der Waals surface area contributed by atoms with E-state index in [1.165, 1.54) is 25.9 Å². The Morgan fingerprint density at radius 1 is 1.58 bits per heavy atom. The van der Waals surface area contributed by atoms with Crippen LogP contribution in [-0.2, 0) is 0 Å². The molecule has 0 bridgehead atoms. The molecule has 0 saturated carbocycles. The van der Waals surface area contributed by atoms with Crippen LogP contribution in [0.2, 0.25) is 0 Å². The molecule has 0 aliphatic carbocycles. The van der Waals surface area contributed by atoms with Crippen molar-refractivity contribution >= 4 is 0 Å². The second-order valence-corrected chi connectivity index (χ2v) is 3.83. The second kappa shape index (κ2) is 4.80. The topological polar surface area (TPSA) is 32.5 Å². The van der Waals surface area contributed by atoms with E-state index in [9.17, 15) is 0 Å². The van der Waals surface area contributed by atoms with Crippen molar-refractivity contribution in [1.29, 1.82) is 0 Å². The van der Waals surface area contributed by atoms with Crippen LogP contribution in [0.25, 0.3) is 0 Å². The van der Waals surface area contributed by atoms with Crippen LogP contribution in [0.3, 0.4) is 0 Å². The van der Waals surface area contributed by atoms with Crippen LogP contribution >= 0.6 is 0 Å². The van der Waals surface area contributed by atoms with Gasteiger partial charge < -0.3 is 15.5 Å². The largest absolute Gasteiger partial charge is 0.329 e. The Morgan fingerprint density at radius 2 is 2.33 bits per heavy atom. The molecule has 0 aromatic heterocycles. The number of likely N-dealkylation sites (N-methyl/N-ethyl adjacent to an activating group) is 2. The lowest BCUT2D eigenvalue weighted by Gasteiger charge is -2.35. The normalized spacial score (nSPS) is 26.5. The molecule has 1 heterocycles. The number of piperidine rings is 1. The van der Waals surface area contributed by atoms with Gasteiger partial charge in [0.2, 0.25) is 0 Å². The fourth-order valence-electron chi connectivity index (χ4n) is 1.89. The van der Waals surface area contributed by atoms with Crippen molar-refractivity contribution in [2.24, 2.45) is 5.73 Å².